The molecule has 0 aromatic heterocycles. The van der Waals surface area contributed by atoms with Crippen molar-refractivity contribution in [2.24, 2.45) is 5.92 Å². The van der Waals surface area contributed by atoms with Gasteiger partial charge >= 0.3 is 0 Å². The molecule has 1 N–H and O–H groups in total. The fraction of sp³-hybridized carbons (Fsp3) is 0.625. The lowest BCUT2D eigenvalue weighted by molar-refractivity contribution is 0.288. The summed E-state index contributed by atoms with van der Waals surface area (Å²) in [7, 11) is -3.38. The smallest absolute Gasteiger partial charge is 0.243 e. The molecule has 0 radical (unpaired) electrons. The normalized spacial score (nSPS) is 20.3. The van der Waals surface area contributed by atoms with E-state index in [0.717, 1.165) is 35.3 Å². The van der Waals surface area contributed by atoms with Gasteiger partial charge in [-0.2, -0.15) is 4.31 Å². The molecule has 1 saturated heterocycles. The quantitative estimate of drug-likeness (QED) is 0.790. The summed E-state index contributed by atoms with van der Waals surface area (Å²) in [4.78, 5) is 0.422. The lowest BCUT2D eigenvalue weighted by Crippen LogP contribution is -2.45. The van der Waals surface area contributed by atoms with Gasteiger partial charge in [0, 0.05) is 23.6 Å². The van der Waals surface area contributed by atoms with E-state index in [-0.39, 0.29) is 12.4 Å². The van der Waals surface area contributed by atoms with Crippen LogP contribution in [0.3, 0.4) is 0 Å². The van der Waals surface area contributed by atoms with Crippen LogP contribution in [0.2, 0.25) is 0 Å². The van der Waals surface area contributed by atoms with E-state index in [1.807, 2.05) is 19.1 Å². The zero-order valence-corrected chi connectivity index (χ0v) is 16.5. The highest BCUT2D eigenvalue weighted by Crippen LogP contribution is 2.29. The van der Waals surface area contributed by atoms with E-state index < -0.39 is 10.0 Å². The number of halogens is 2. The Morgan fingerprint density at radius 3 is 2.48 bits per heavy atom. The molecule has 1 saturated carbocycles. The molecule has 130 valence electrons. The highest BCUT2D eigenvalue weighted by Gasteiger charge is 2.31. The number of nitrogens with zero attached hydrogens (tertiary/aromatic N) is 1. The van der Waals surface area contributed by atoms with Gasteiger partial charge in [-0.15, -0.1) is 12.4 Å². The van der Waals surface area contributed by atoms with Gasteiger partial charge in [0.25, 0.3) is 0 Å². The minimum absolute atomic E-state index is 0. The molecule has 1 aromatic rings. The van der Waals surface area contributed by atoms with Gasteiger partial charge < -0.3 is 5.32 Å². The van der Waals surface area contributed by atoms with Crippen LogP contribution in [0.5, 0.6) is 0 Å². The first kappa shape index (κ1) is 19.2. The Morgan fingerprint density at radius 2 is 1.87 bits per heavy atom. The molecular formula is C16H24BrClN2O2S. The summed E-state index contributed by atoms with van der Waals surface area (Å²) < 4.78 is 28.1. The van der Waals surface area contributed by atoms with Crippen molar-refractivity contribution < 1.29 is 8.42 Å². The van der Waals surface area contributed by atoms with Gasteiger partial charge in [0.05, 0.1) is 4.90 Å². The SMILES string of the molecule is Cc1ccc(Br)cc1S(=O)(=O)N1CCC(NCC2CC2)CC1.Cl. The summed E-state index contributed by atoms with van der Waals surface area (Å²) in [6, 6.07) is 5.90. The highest BCUT2D eigenvalue weighted by molar-refractivity contribution is 9.10. The first-order chi connectivity index (χ1) is 10.5. The van der Waals surface area contributed by atoms with Crippen molar-refractivity contribution in [1.82, 2.24) is 9.62 Å². The number of sulfonamides is 1. The largest absolute Gasteiger partial charge is 0.314 e. The summed E-state index contributed by atoms with van der Waals surface area (Å²) in [5.41, 5.74) is 0.803. The van der Waals surface area contributed by atoms with E-state index in [1.165, 1.54) is 12.8 Å². The topological polar surface area (TPSA) is 49.4 Å². The van der Waals surface area contributed by atoms with Crippen molar-refractivity contribution in [3.63, 3.8) is 0 Å². The summed E-state index contributed by atoms with van der Waals surface area (Å²) >= 11 is 3.37. The average Bonchev–Trinajstić information content (AvgIpc) is 3.32. The van der Waals surface area contributed by atoms with Crippen LogP contribution >= 0.6 is 28.3 Å². The zero-order valence-electron chi connectivity index (χ0n) is 13.3. The molecule has 1 heterocycles. The van der Waals surface area contributed by atoms with E-state index in [2.05, 4.69) is 21.2 Å². The second-order valence-corrected chi connectivity index (χ2v) is 9.26. The van der Waals surface area contributed by atoms with Crippen molar-refractivity contribution in [3.05, 3.63) is 28.2 Å². The first-order valence-corrected chi connectivity index (χ1v) is 10.2. The maximum absolute atomic E-state index is 12.8. The molecule has 2 fully saturated rings. The molecule has 0 amide bonds. The van der Waals surface area contributed by atoms with Gasteiger partial charge in [0.15, 0.2) is 0 Å². The molecule has 1 aliphatic carbocycles. The number of benzene rings is 1. The Balaban J connectivity index is 0.00000192. The molecule has 0 spiro atoms. The van der Waals surface area contributed by atoms with Gasteiger partial charge in [-0.1, -0.05) is 22.0 Å². The third-order valence-corrected chi connectivity index (χ3v) is 7.15. The lowest BCUT2D eigenvalue weighted by atomic mass is 10.1. The van der Waals surface area contributed by atoms with Crippen LogP contribution in [0.15, 0.2) is 27.6 Å². The Bertz CT molecular complexity index is 641. The van der Waals surface area contributed by atoms with E-state index in [1.54, 1.807) is 10.4 Å². The van der Waals surface area contributed by atoms with Crippen LogP contribution in [0, 0.1) is 12.8 Å². The molecule has 0 atom stereocenters. The number of nitrogens with one attached hydrogen (secondary N) is 1. The first-order valence-electron chi connectivity index (χ1n) is 7.96. The van der Waals surface area contributed by atoms with Crippen LogP contribution in [0.1, 0.15) is 31.2 Å². The highest BCUT2D eigenvalue weighted by atomic mass is 79.9. The fourth-order valence-electron chi connectivity index (χ4n) is 2.95. The Hall–Kier alpha value is -0.140. The predicted octanol–water partition coefficient (Wildman–Crippen LogP) is 3.33. The van der Waals surface area contributed by atoms with Gasteiger partial charge in [-0.3, -0.25) is 0 Å². The van der Waals surface area contributed by atoms with Crippen LogP contribution in [-0.2, 0) is 10.0 Å². The van der Waals surface area contributed by atoms with Crippen LogP contribution < -0.4 is 5.32 Å². The molecule has 2 aliphatic rings. The van der Waals surface area contributed by atoms with Crippen LogP contribution in [-0.4, -0.2) is 38.4 Å². The van der Waals surface area contributed by atoms with Crippen molar-refractivity contribution >= 4 is 38.4 Å². The van der Waals surface area contributed by atoms with Crippen LogP contribution in [0.25, 0.3) is 0 Å². The fourth-order valence-corrected chi connectivity index (χ4v) is 5.18. The summed E-state index contributed by atoms with van der Waals surface area (Å²) in [6.45, 7) is 4.17. The van der Waals surface area contributed by atoms with E-state index in [0.29, 0.717) is 24.0 Å². The molecule has 0 bridgehead atoms. The molecule has 0 unspecified atom stereocenters. The van der Waals surface area contributed by atoms with Crippen molar-refractivity contribution in [2.45, 2.75) is 43.5 Å². The third kappa shape index (κ3) is 4.69. The minimum atomic E-state index is -3.38. The number of rotatable bonds is 5. The number of piperidine rings is 1. The molecule has 1 aromatic carbocycles. The van der Waals surface area contributed by atoms with Crippen LogP contribution in [0.4, 0.5) is 0 Å². The van der Waals surface area contributed by atoms with Gasteiger partial charge in [0.2, 0.25) is 10.0 Å². The Morgan fingerprint density at radius 1 is 1.22 bits per heavy atom. The minimum Gasteiger partial charge on any atom is -0.314 e. The molecule has 4 nitrogen and oxygen atoms in total. The van der Waals surface area contributed by atoms with Crippen molar-refractivity contribution in [3.8, 4) is 0 Å². The molecule has 23 heavy (non-hydrogen) atoms. The van der Waals surface area contributed by atoms with E-state index in [4.69, 9.17) is 0 Å². The zero-order chi connectivity index (χ0) is 15.7. The average molecular weight is 424 g/mol. The standard InChI is InChI=1S/C16H23BrN2O2S.ClH/c1-12-2-5-14(17)10-16(12)22(20,21)19-8-6-15(7-9-19)18-11-13-3-4-13;/h2,5,10,13,15,18H,3-4,6-9,11H2,1H3;1H. The molecular weight excluding hydrogens is 400 g/mol. The maximum Gasteiger partial charge on any atom is 0.243 e. The molecule has 7 heteroatoms. The van der Waals surface area contributed by atoms with Crippen molar-refractivity contribution in [2.75, 3.05) is 19.6 Å². The second kappa shape index (κ2) is 7.83. The van der Waals surface area contributed by atoms with Gasteiger partial charge in [0.1, 0.15) is 0 Å². The summed E-state index contributed by atoms with van der Waals surface area (Å²) in [6.07, 6.45) is 4.50. The van der Waals surface area contributed by atoms with Gasteiger partial charge in [-0.25, -0.2) is 8.42 Å². The maximum atomic E-state index is 12.8. The monoisotopic (exact) mass is 422 g/mol. The second-order valence-electron chi connectivity index (χ2n) is 6.44. The summed E-state index contributed by atoms with van der Waals surface area (Å²) in [5, 5.41) is 3.59. The van der Waals surface area contributed by atoms with Gasteiger partial charge in [-0.05, 0) is 62.8 Å². The lowest BCUT2D eigenvalue weighted by Gasteiger charge is -2.32. The number of aryl methyl sites for hydroxylation is 1. The third-order valence-electron chi connectivity index (χ3n) is 4.61. The van der Waals surface area contributed by atoms with E-state index in [9.17, 15) is 8.42 Å². The predicted molar refractivity (Wildman–Crippen MR) is 98.6 cm³/mol. The Kier molecular flexibility index (Phi) is 6.53. The Labute approximate surface area is 153 Å². The molecule has 3 rings (SSSR count). The van der Waals surface area contributed by atoms with Crippen molar-refractivity contribution in [1.29, 1.82) is 0 Å². The number of hydrogen-bond acceptors (Lipinski definition) is 3. The van der Waals surface area contributed by atoms with E-state index >= 15 is 0 Å². The summed E-state index contributed by atoms with van der Waals surface area (Å²) in [5.74, 6) is 0.867. The number of hydrogen-bond donors (Lipinski definition) is 1. The molecule has 1 aliphatic heterocycles.